The molecule has 3 rings (SSSR count). The Morgan fingerprint density at radius 2 is 2.00 bits per heavy atom. The number of rotatable bonds is 7. The molecule has 0 spiro atoms. The molecule has 0 radical (unpaired) electrons. The van der Waals surface area contributed by atoms with Crippen LogP contribution < -0.4 is 10.2 Å². The molecule has 1 saturated heterocycles. The molecule has 0 unspecified atom stereocenters. The second-order valence-electron chi connectivity index (χ2n) is 6.26. The summed E-state index contributed by atoms with van der Waals surface area (Å²) in [5, 5.41) is 3.98. The lowest BCUT2D eigenvalue weighted by Crippen LogP contribution is -2.33. The van der Waals surface area contributed by atoms with E-state index >= 15 is 0 Å². The Morgan fingerprint density at radius 3 is 2.70 bits per heavy atom. The van der Waals surface area contributed by atoms with Crippen LogP contribution >= 0.6 is 15.9 Å². The smallest absolute Gasteiger partial charge is 0.245 e. The van der Waals surface area contributed by atoms with Crippen LogP contribution in [0, 0.1) is 0 Å². The Bertz CT molecular complexity index is 805. The molecule has 6 nitrogen and oxygen atoms in total. The maximum absolute atomic E-state index is 11.9. The first kappa shape index (κ1) is 19.5. The molecule has 1 aliphatic heterocycles. The number of benzene rings is 2. The molecule has 1 heterocycles. The molecule has 0 aliphatic carbocycles. The summed E-state index contributed by atoms with van der Waals surface area (Å²) in [6, 6.07) is 15.6. The first-order valence-electron chi connectivity index (χ1n) is 8.60. The minimum atomic E-state index is -0.861. The lowest BCUT2D eigenvalue weighted by molar-refractivity contribution is -0.159. The van der Waals surface area contributed by atoms with Crippen LogP contribution in [0.1, 0.15) is 24.5 Å². The van der Waals surface area contributed by atoms with Crippen molar-refractivity contribution in [2.24, 2.45) is 5.10 Å². The zero-order chi connectivity index (χ0) is 19.1. The van der Waals surface area contributed by atoms with Crippen molar-refractivity contribution in [3.63, 3.8) is 0 Å². The van der Waals surface area contributed by atoms with Crippen molar-refractivity contribution >= 4 is 28.1 Å². The number of nitrogens with one attached hydrogen (secondary N) is 1. The molecule has 27 heavy (non-hydrogen) atoms. The van der Waals surface area contributed by atoms with Crippen molar-refractivity contribution < 1.29 is 19.0 Å². The van der Waals surface area contributed by atoms with Gasteiger partial charge in [0.2, 0.25) is 5.91 Å². The maximum Gasteiger partial charge on any atom is 0.245 e. The number of hydrogen-bond acceptors (Lipinski definition) is 5. The van der Waals surface area contributed by atoms with Crippen molar-refractivity contribution in [1.29, 1.82) is 0 Å². The van der Waals surface area contributed by atoms with Crippen LogP contribution in [-0.2, 0) is 20.9 Å². The van der Waals surface area contributed by atoms with E-state index in [0.29, 0.717) is 19.8 Å². The number of carbonyl (C=O) groups is 1. The van der Waals surface area contributed by atoms with Gasteiger partial charge in [-0.05, 0) is 52.2 Å². The molecule has 142 valence electrons. The molecule has 2 aromatic carbocycles. The van der Waals surface area contributed by atoms with Gasteiger partial charge in [-0.25, -0.2) is 5.43 Å². The van der Waals surface area contributed by atoms with Gasteiger partial charge in [0.15, 0.2) is 5.79 Å². The maximum atomic E-state index is 11.9. The molecule has 7 heteroatoms. The van der Waals surface area contributed by atoms with Crippen LogP contribution in [0.25, 0.3) is 0 Å². The predicted molar refractivity (Wildman–Crippen MR) is 106 cm³/mol. The first-order valence-corrected chi connectivity index (χ1v) is 9.39. The summed E-state index contributed by atoms with van der Waals surface area (Å²) in [5.74, 6) is -0.388. The molecule has 0 atom stereocenters. The molecular weight excluding hydrogens is 412 g/mol. The van der Waals surface area contributed by atoms with E-state index in [0.717, 1.165) is 21.3 Å². The number of ether oxygens (including phenoxy) is 3. The van der Waals surface area contributed by atoms with Gasteiger partial charge < -0.3 is 14.2 Å². The number of hydrazone groups is 1. The first-order chi connectivity index (χ1) is 13.0. The summed E-state index contributed by atoms with van der Waals surface area (Å²) in [6.45, 7) is 3.24. The standard InChI is InChI=1S/C20H21BrN2O4/c1-20(26-9-10-27-20)12-19(24)23-22-13-16-7-8-18(17(21)11-16)25-14-15-5-3-2-4-6-15/h2-8,11,13H,9-10,12,14H2,1H3,(H,23,24)/b22-13-. The highest BCUT2D eigenvalue weighted by atomic mass is 79.9. The van der Waals surface area contributed by atoms with Gasteiger partial charge in [-0.15, -0.1) is 0 Å². The monoisotopic (exact) mass is 432 g/mol. The Balaban J connectivity index is 1.51. The van der Waals surface area contributed by atoms with E-state index in [1.807, 2.05) is 48.5 Å². The number of halogens is 1. The second-order valence-corrected chi connectivity index (χ2v) is 7.12. The van der Waals surface area contributed by atoms with Gasteiger partial charge in [-0.3, -0.25) is 4.79 Å². The Hall–Kier alpha value is -2.22. The molecule has 0 bridgehead atoms. The molecule has 0 aromatic heterocycles. The quantitative estimate of drug-likeness (QED) is 0.535. The van der Waals surface area contributed by atoms with E-state index in [-0.39, 0.29) is 12.3 Å². The van der Waals surface area contributed by atoms with Crippen molar-refractivity contribution in [3.8, 4) is 5.75 Å². The second kappa shape index (κ2) is 9.12. The van der Waals surface area contributed by atoms with Crippen LogP contribution in [0.15, 0.2) is 58.1 Å². The number of nitrogens with zero attached hydrogens (tertiary/aromatic N) is 1. The van der Waals surface area contributed by atoms with Gasteiger partial charge in [-0.2, -0.15) is 5.10 Å². The number of carbonyl (C=O) groups excluding carboxylic acids is 1. The summed E-state index contributed by atoms with van der Waals surface area (Å²) in [6.07, 6.45) is 1.67. The molecule has 1 amide bonds. The number of amides is 1. The summed E-state index contributed by atoms with van der Waals surface area (Å²) >= 11 is 3.50. The van der Waals surface area contributed by atoms with E-state index in [1.54, 1.807) is 13.1 Å². The van der Waals surface area contributed by atoms with Crippen molar-refractivity contribution in [1.82, 2.24) is 5.43 Å². The van der Waals surface area contributed by atoms with Gasteiger partial charge in [0.1, 0.15) is 12.4 Å². The van der Waals surface area contributed by atoms with E-state index in [2.05, 4.69) is 26.5 Å². The summed E-state index contributed by atoms with van der Waals surface area (Å²) in [5.41, 5.74) is 4.41. The molecular formula is C20H21BrN2O4. The normalized spacial score (nSPS) is 15.8. The van der Waals surface area contributed by atoms with E-state index in [4.69, 9.17) is 14.2 Å². The average molecular weight is 433 g/mol. The van der Waals surface area contributed by atoms with E-state index in [1.165, 1.54) is 0 Å². The third-order valence-electron chi connectivity index (χ3n) is 3.98. The molecule has 1 N–H and O–H groups in total. The predicted octanol–water partition coefficient (Wildman–Crippen LogP) is 3.63. The number of hydrogen-bond donors (Lipinski definition) is 1. The SMILES string of the molecule is CC1(CC(=O)N/N=C\c2ccc(OCc3ccccc3)c(Br)c2)OCCO1. The fourth-order valence-electron chi connectivity index (χ4n) is 2.62. The van der Waals surface area contributed by atoms with Crippen LogP contribution in [-0.4, -0.2) is 31.1 Å². The van der Waals surface area contributed by atoms with Gasteiger partial charge in [0.05, 0.1) is 30.3 Å². The summed E-state index contributed by atoms with van der Waals surface area (Å²) < 4.78 is 17.4. The van der Waals surface area contributed by atoms with E-state index in [9.17, 15) is 4.79 Å². The zero-order valence-corrected chi connectivity index (χ0v) is 16.6. The average Bonchev–Trinajstić information content (AvgIpc) is 3.08. The Morgan fingerprint density at radius 1 is 1.26 bits per heavy atom. The highest BCUT2D eigenvalue weighted by molar-refractivity contribution is 9.10. The largest absolute Gasteiger partial charge is 0.488 e. The molecule has 2 aromatic rings. The Kier molecular flexibility index (Phi) is 6.60. The third kappa shape index (κ3) is 5.89. The van der Waals surface area contributed by atoms with Crippen LogP contribution in [0.4, 0.5) is 0 Å². The highest BCUT2D eigenvalue weighted by Crippen LogP contribution is 2.26. The van der Waals surface area contributed by atoms with Gasteiger partial charge in [0, 0.05) is 0 Å². The van der Waals surface area contributed by atoms with Gasteiger partial charge in [0.25, 0.3) is 0 Å². The zero-order valence-electron chi connectivity index (χ0n) is 15.0. The fourth-order valence-corrected chi connectivity index (χ4v) is 3.13. The van der Waals surface area contributed by atoms with Gasteiger partial charge >= 0.3 is 0 Å². The molecule has 0 saturated carbocycles. The lowest BCUT2D eigenvalue weighted by atomic mass is 10.2. The summed E-state index contributed by atoms with van der Waals surface area (Å²) in [7, 11) is 0. The van der Waals surface area contributed by atoms with Crippen LogP contribution in [0.2, 0.25) is 0 Å². The molecule has 1 fully saturated rings. The minimum absolute atomic E-state index is 0.0975. The fraction of sp³-hybridized carbons (Fsp3) is 0.300. The van der Waals surface area contributed by atoms with E-state index < -0.39 is 5.79 Å². The van der Waals surface area contributed by atoms with Crippen LogP contribution in [0.5, 0.6) is 5.75 Å². The highest BCUT2D eigenvalue weighted by Gasteiger charge is 2.33. The van der Waals surface area contributed by atoms with Crippen molar-refractivity contribution in [2.75, 3.05) is 13.2 Å². The molecule has 1 aliphatic rings. The topological polar surface area (TPSA) is 69.2 Å². The van der Waals surface area contributed by atoms with Gasteiger partial charge in [-0.1, -0.05) is 30.3 Å². The van der Waals surface area contributed by atoms with Crippen LogP contribution in [0.3, 0.4) is 0 Å². The third-order valence-corrected chi connectivity index (χ3v) is 4.60. The van der Waals surface area contributed by atoms with Crippen molar-refractivity contribution in [2.45, 2.75) is 25.7 Å². The Labute approximate surface area is 166 Å². The van der Waals surface area contributed by atoms with Crippen molar-refractivity contribution in [3.05, 3.63) is 64.1 Å². The lowest BCUT2D eigenvalue weighted by Gasteiger charge is -2.20. The summed E-state index contributed by atoms with van der Waals surface area (Å²) in [4.78, 5) is 11.9. The minimum Gasteiger partial charge on any atom is -0.488 e.